The number of hydrogen-bond donors (Lipinski definition) is 1. The van der Waals surface area contributed by atoms with Crippen molar-refractivity contribution >= 4 is 33.3 Å². The highest BCUT2D eigenvalue weighted by molar-refractivity contribution is 7.20. The predicted molar refractivity (Wildman–Crippen MR) is 129 cm³/mol. The molecule has 2 aromatic carbocycles. The van der Waals surface area contributed by atoms with Crippen molar-refractivity contribution in [3.05, 3.63) is 35.4 Å². The summed E-state index contributed by atoms with van der Waals surface area (Å²) in [6.07, 6.45) is 1.53. The van der Waals surface area contributed by atoms with Gasteiger partial charge in [0.15, 0.2) is 11.5 Å². The molecule has 1 aromatic heterocycles. The van der Waals surface area contributed by atoms with Gasteiger partial charge in [-0.2, -0.15) is 0 Å². The smallest absolute Gasteiger partial charge is 0.321 e. The van der Waals surface area contributed by atoms with Crippen LogP contribution in [0.2, 0.25) is 0 Å². The van der Waals surface area contributed by atoms with Crippen molar-refractivity contribution in [2.75, 3.05) is 39.7 Å². The summed E-state index contributed by atoms with van der Waals surface area (Å²) in [7, 11) is 4.63. The molecule has 3 aromatic rings. The van der Waals surface area contributed by atoms with Crippen molar-refractivity contribution in [1.29, 1.82) is 0 Å². The Bertz CT molecular complexity index is 1090. The number of carbonyl (C=O) groups excluding carboxylic acids is 1. The van der Waals surface area contributed by atoms with Gasteiger partial charge < -0.3 is 29.2 Å². The van der Waals surface area contributed by atoms with Gasteiger partial charge in [-0.25, -0.2) is 9.78 Å². The minimum Gasteiger partial charge on any atom is -0.493 e. The largest absolute Gasteiger partial charge is 0.493 e. The molecule has 0 bridgehead atoms. The van der Waals surface area contributed by atoms with Crippen LogP contribution < -0.4 is 24.3 Å². The Hall–Kier alpha value is -3.20. The lowest BCUT2D eigenvalue weighted by Gasteiger charge is -2.31. The molecule has 2 amide bonds. The number of aromatic nitrogens is 1. The Balaban J connectivity index is 1.37. The quantitative estimate of drug-likeness (QED) is 0.544. The molecule has 0 unspecified atom stereocenters. The molecule has 33 heavy (non-hydrogen) atoms. The van der Waals surface area contributed by atoms with Crippen LogP contribution in [-0.2, 0) is 0 Å². The van der Waals surface area contributed by atoms with E-state index in [0.717, 1.165) is 23.9 Å². The molecule has 0 atom stereocenters. The van der Waals surface area contributed by atoms with E-state index in [2.05, 4.69) is 31.3 Å². The normalized spacial score (nSPS) is 14.3. The van der Waals surface area contributed by atoms with Gasteiger partial charge in [-0.15, -0.1) is 0 Å². The summed E-state index contributed by atoms with van der Waals surface area (Å²) in [5.74, 6) is 1.46. The second-order valence-corrected chi connectivity index (χ2v) is 8.97. The van der Waals surface area contributed by atoms with E-state index in [4.69, 9.17) is 23.9 Å². The molecule has 1 aliphatic heterocycles. The number of amides is 2. The maximum Gasteiger partial charge on any atom is 0.321 e. The molecule has 0 aliphatic carbocycles. The fourth-order valence-corrected chi connectivity index (χ4v) is 4.99. The van der Waals surface area contributed by atoms with Gasteiger partial charge >= 0.3 is 6.03 Å². The number of nitrogens with zero attached hydrogens (tertiary/aromatic N) is 2. The number of nitrogens with one attached hydrogen (secondary N) is 1. The predicted octanol–water partition coefficient (Wildman–Crippen LogP) is 5.01. The Morgan fingerprint density at radius 3 is 2.24 bits per heavy atom. The van der Waals surface area contributed by atoms with Crippen LogP contribution in [0.5, 0.6) is 22.4 Å². The topological polar surface area (TPSA) is 82.2 Å². The van der Waals surface area contributed by atoms with Crippen molar-refractivity contribution in [3.63, 3.8) is 0 Å². The highest BCUT2D eigenvalue weighted by Crippen LogP contribution is 2.40. The second kappa shape index (κ2) is 9.74. The number of carbonyl (C=O) groups is 1. The minimum atomic E-state index is -0.172. The van der Waals surface area contributed by atoms with Crippen LogP contribution in [0.1, 0.15) is 24.0 Å². The van der Waals surface area contributed by atoms with Crippen LogP contribution in [0.4, 0.5) is 10.5 Å². The molecule has 9 heteroatoms. The number of ether oxygens (including phenoxy) is 4. The van der Waals surface area contributed by atoms with Crippen molar-refractivity contribution in [2.24, 2.45) is 0 Å². The Morgan fingerprint density at radius 1 is 1.03 bits per heavy atom. The van der Waals surface area contributed by atoms with Crippen LogP contribution in [-0.4, -0.2) is 56.4 Å². The molecule has 1 N–H and O–H groups in total. The minimum absolute atomic E-state index is 0.0383. The van der Waals surface area contributed by atoms with Crippen molar-refractivity contribution in [2.45, 2.75) is 32.8 Å². The number of piperidine rings is 1. The van der Waals surface area contributed by atoms with E-state index in [1.807, 2.05) is 0 Å². The molecule has 1 saturated heterocycles. The zero-order valence-electron chi connectivity index (χ0n) is 19.6. The first-order valence-electron chi connectivity index (χ1n) is 10.8. The van der Waals surface area contributed by atoms with Gasteiger partial charge in [0, 0.05) is 38.1 Å². The number of fused-ring (bicyclic) bond motifs is 1. The van der Waals surface area contributed by atoms with E-state index < -0.39 is 0 Å². The number of benzene rings is 2. The highest BCUT2D eigenvalue weighted by atomic mass is 32.1. The van der Waals surface area contributed by atoms with Gasteiger partial charge in [-0.1, -0.05) is 23.5 Å². The zero-order valence-corrected chi connectivity index (χ0v) is 20.4. The first-order valence-corrected chi connectivity index (χ1v) is 11.6. The standard InChI is InChI=1S/C24H29N3O5S/c1-14-6-7-15(2)22-20(14)26-24(33-22)32-17-8-10-27(11-9-17)23(28)25-16-12-18(29-3)21(31-5)19(13-16)30-4/h6-7,12-13,17H,8-11H2,1-5H3,(H,25,28). The number of aryl methyl sites for hydroxylation is 2. The Kier molecular flexibility index (Phi) is 6.78. The van der Waals surface area contributed by atoms with E-state index >= 15 is 0 Å². The summed E-state index contributed by atoms with van der Waals surface area (Å²) in [6, 6.07) is 7.46. The zero-order chi connectivity index (χ0) is 23.5. The van der Waals surface area contributed by atoms with Gasteiger partial charge in [0.1, 0.15) is 6.10 Å². The molecule has 4 rings (SSSR count). The molecular weight excluding hydrogens is 442 g/mol. The molecular formula is C24H29N3O5S. The van der Waals surface area contributed by atoms with Crippen molar-refractivity contribution < 1.29 is 23.7 Å². The molecule has 2 heterocycles. The van der Waals surface area contributed by atoms with E-state index in [9.17, 15) is 4.79 Å². The average molecular weight is 472 g/mol. The van der Waals surface area contributed by atoms with E-state index in [0.29, 0.717) is 41.2 Å². The maximum absolute atomic E-state index is 12.8. The van der Waals surface area contributed by atoms with Gasteiger partial charge in [-0.3, -0.25) is 0 Å². The molecule has 176 valence electrons. The molecule has 8 nitrogen and oxygen atoms in total. The number of methoxy groups -OCH3 is 3. The number of likely N-dealkylation sites (tertiary alicyclic amines) is 1. The van der Waals surface area contributed by atoms with Crippen LogP contribution in [0.3, 0.4) is 0 Å². The van der Waals surface area contributed by atoms with Crippen LogP contribution in [0.15, 0.2) is 24.3 Å². The van der Waals surface area contributed by atoms with Gasteiger partial charge in [-0.05, 0) is 25.0 Å². The molecule has 1 aliphatic rings. The van der Waals surface area contributed by atoms with Crippen molar-refractivity contribution in [3.8, 4) is 22.4 Å². The van der Waals surface area contributed by atoms with Crippen molar-refractivity contribution in [1.82, 2.24) is 9.88 Å². The SMILES string of the molecule is COc1cc(NC(=O)N2CCC(Oc3nc4c(C)ccc(C)c4s3)CC2)cc(OC)c1OC. The third kappa shape index (κ3) is 4.78. The number of hydrogen-bond acceptors (Lipinski definition) is 7. The average Bonchev–Trinajstić information content (AvgIpc) is 3.26. The Labute approximate surface area is 197 Å². The number of thiazole rings is 1. The fourth-order valence-electron chi connectivity index (χ4n) is 3.97. The number of urea groups is 1. The molecule has 0 radical (unpaired) electrons. The van der Waals surface area contributed by atoms with E-state index in [1.165, 1.54) is 10.3 Å². The lowest BCUT2D eigenvalue weighted by molar-refractivity contribution is 0.115. The third-order valence-corrected chi connectivity index (χ3v) is 6.92. The van der Waals surface area contributed by atoms with Gasteiger partial charge in [0.25, 0.3) is 5.19 Å². The lowest BCUT2D eigenvalue weighted by atomic mass is 10.1. The van der Waals surface area contributed by atoms with Crippen LogP contribution >= 0.6 is 11.3 Å². The summed E-state index contributed by atoms with van der Waals surface area (Å²) in [5, 5.41) is 3.62. The van der Waals surface area contributed by atoms with E-state index in [1.54, 1.807) is 49.7 Å². The fraction of sp³-hybridized carbons (Fsp3) is 0.417. The molecule has 0 spiro atoms. The van der Waals surface area contributed by atoms with Crippen LogP contribution in [0, 0.1) is 13.8 Å². The van der Waals surface area contributed by atoms with E-state index in [-0.39, 0.29) is 12.1 Å². The first kappa shape index (κ1) is 23.0. The number of rotatable bonds is 6. The van der Waals surface area contributed by atoms with Crippen LogP contribution in [0.25, 0.3) is 10.2 Å². The molecule has 0 saturated carbocycles. The first-order chi connectivity index (χ1) is 15.9. The summed E-state index contributed by atoms with van der Waals surface area (Å²) in [5.41, 5.74) is 3.95. The summed E-state index contributed by atoms with van der Waals surface area (Å²) in [4.78, 5) is 19.3. The maximum atomic E-state index is 12.8. The monoisotopic (exact) mass is 471 g/mol. The molecule has 1 fully saturated rings. The van der Waals surface area contributed by atoms with Gasteiger partial charge in [0.2, 0.25) is 5.75 Å². The third-order valence-electron chi connectivity index (χ3n) is 5.84. The summed E-state index contributed by atoms with van der Waals surface area (Å²) >= 11 is 1.59. The summed E-state index contributed by atoms with van der Waals surface area (Å²) < 4.78 is 23.4. The summed E-state index contributed by atoms with van der Waals surface area (Å²) in [6.45, 7) is 5.36. The van der Waals surface area contributed by atoms with Gasteiger partial charge in [0.05, 0.1) is 37.2 Å². The second-order valence-electron chi connectivity index (χ2n) is 8.01. The number of anilines is 1. The lowest BCUT2D eigenvalue weighted by Crippen LogP contribution is -2.43. The highest BCUT2D eigenvalue weighted by Gasteiger charge is 2.26. The Morgan fingerprint density at radius 2 is 1.67 bits per heavy atom.